The van der Waals surface area contributed by atoms with Crippen LogP contribution >= 0.6 is 0 Å². The highest BCUT2D eigenvalue weighted by molar-refractivity contribution is 6.00. The summed E-state index contributed by atoms with van der Waals surface area (Å²) < 4.78 is 11.5. The Hall–Kier alpha value is -2.52. The Morgan fingerprint density at radius 3 is 2.31 bits per heavy atom. The maximum atomic E-state index is 14.2. The molecule has 5 aliphatic rings. The fourth-order valence-corrected chi connectivity index (χ4v) is 13.4. The first-order valence-corrected chi connectivity index (χ1v) is 21.1. The highest BCUT2D eigenvalue weighted by Gasteiger charge is 2.70. The van der Waals surface area contributed by atoms with Crippen molar-refractivity contribution >= 4 is 17.7 Å². The van der Waals surface area contributed by atoms with Gasteiger partial charge in [-0.15, -0.1) is 0 Å². The van der Waals surface area contributed by atoms with Gasteiger partial charge in [0.25, 0.3) is 0 Å². The summed E-state index contributed by atoms with van der Waals surface area (Å²) in [6.07, 6.45) is 13.2. The molecule has 4 saturated carbocycles. The zero-order valence-electron chi connectivity index (χ0n) is 35.5. The van der Waals surface area contributed by atoms with Crippen LogP contribution in [0.2, 0.25) is 0 Å². The molecule has 0 aliphatic heterocycles. The lowest BCUT2D eigenvalue weighted by Gasteiger charge is -2.72. The molecular weight excluding hydrogens is 679 g/mol. The summed E-state index contributed by atoms with van der Waals surface area (Å²) in [5.74, 6) is 0.590. The van der Waals surface area contributed by atoms with Gasteiger partial charge in [0, 0.05) is 36.9 Å². The Morgan fingerprint density at radius 1 is 0.963 bits per heavy atom. The lowest BCUT2D eigenvalue weighted by molar-refractivity contribution is -0.233. The first kappa shape index (κ1) is 41.1. The Kier molecular flexibility index (Phi) is 11.0. The van der Waals surface area contributed by atoms with Crippen LogP contribution in [0, 0.1) is 56.2 Å². The number of carboxylic acid groups (broad SMARTS) is 1. The number of hydrogen-bond acceptors (Lipinski definition) is 8. The fraction of sp³-hybridized carbons (Fsp3) is 0.822. The van der Waals surface area contributed by atoms with Crippen molar-refractivity contribution in [3.05, 3.63) is 29.5 Å². The number of aromatic nitrogens is 1. The third kappa shape index (κ3) is 6.83. The van der Waals surface area contributed by atoms with E-state index in [9.17, 15) is 19.5 Å². The van der Waals surface area contributed by atoms with E-state index in [4.69, 9.17) is 9.15 Å². The van der Waals surface area contributed by atoms with Crippen LogP contribution in [0.1, 0.15) is 139 Å². The number of carboxylic acids is 1. The van der Waals surface area contributed by atoms with E-state index < -0.39 is 17.4 Å². The third-order valence-electron chi connectivity index (χ3n) is 16.6. The number of Topliss-reactive ketones (excluding diaryl/α,β-unsaturated/α-hetero) is 1. The number of nitrogens with zero attached hydrogens (tertiary/aromatic N) is 3. The van der Waals surface area contributed by atoms with E-state index in [1.165, 1.54) is 12.0 Å². The first-order valence-electron chi connectivity index (χ1n) is 21.1. The van der Waals surface area contributed by atoms with Crippen LogP contribution in [0.5, 0.6) is 0 Å². The predicted octanol–water partition coefficient (Wildman–Crippen LogP) is 8.82. The predicted molar refractivity (Wildman–Crippen MR) is 210 cm³/mol. The lowest BCUT2D eigenvalue weighted by atomic mass is 9.33. The molecule has 0 bridgehead atoms. The number of carbonyl (C=O) groups is 3. The smallest absolute Gasteiger partial charge is 0.309 e. The molecular formula is C45H71N3O6. The molecule has 1 heterocycles. The fourth-order valence-electron chi connectivity index (χ4n) is 13.4. The minimum atomic E-state index is -1.15. The molecule has 9 heteroatoms. The van der Waals surface area contributed by atoms with E-state index in [2.05, 4.69) is 77.3 Å². The molecule has 0 radical (unpaired) electrons. The highest BCUT2D eigenvalue weighted by Crippen LogP contribution is 2.77. The molecule has 4 fully saturated rings. The van der Waals surface area contributed by atoms with Crippen molar-refractivity contribution in [1.82, 2.24) is 14.8 Å². The Bertz CT molecular complexity index is 1610. The molecule has 0 amide bonds. The molecule has 0 saturated heterocycles. The van der Waals surface area contributed by atoms with Gasteiger partial charge in [0.05, 0.1) is 17.5 Å². The standard InChI is InChI=1S/C45H71N3O6/c1-29(2)37-32(49)24-45(20-21-48(23-22-47(10)11)26-30-27-53-28-46-30)19-18-43(8)31(38(37)45)12-13-34-42(7)16-15-35(54-36(50)25-40(3,4)39(51)52)41(5,6)33(42)14-17-44(34,43)9/h27-29,31,33-35H,12-26H2,1-11H3,(H,51,52)/t31-,33?,34?,35+,42+,43-,44-,45-/m1/s1. The Labute approximate surface area is 325 Å². The number of esters is 1. The summed E-state index contributed by atoms with van der Waals surface area (Å²) >= 11 is 0. The quantitative estimate of drug-likeness (QED) is 0.198. The molecule has 302 valence electrons. The minimum absolute atomic E-state index is 0.0789. The van der Waals surface area contributed by atoms with Crippen LogP contribution in [-0.2, 0) is 25.7 Å². The Balaban J connectivity index is 1.26. The third-order valence-corrected chi connectivity index (χ3v) is 16.6. The minimum Gasteiger partial charge on any atom is -0.481 e. The van der Waals surface area contributed by atoms with Gasteiger partial charge in [-0.1, -0.05) is 54.0 Å². The van der Waals surface area contributed by atoms with Crippen LogP contribution < -0.4 is 0 Å². The van der Waals surface area contributed by atoms with Gasteiger partial charge in [-0.05, 0) is 138 Å². The number of fused-ring (bicyclic) bond motifs is 7. The second kappa shape index (κ2) is 14.5. The number of rotatable bonds is 13. The SMILES string of the molecule is CC(C)C1=C2[C@H]3CCC4[C@@]5(C)CC[C@H](OC(=O)CC(C)(C)C(=O)O)C(C)(C)C5CC[C@@]4(C)[C@]3(C)CC[C@@]2(CCN(CCN(C)C)Cc2cocn2)CC1=O. The maximum absolute atomic E-state index is 14.2. The van der Waals surface area contributed by atoms with Gasteiger partial charge >= 0.3 is 11.9 Å². The highest BCUT2D eigenvalue weighted by atomic mass is 16.5. The van der Waals surface area contributed by atoms with Crippen LogP contribution in [-0.4, -0.2) is 77.4 Å². The summed E-state index contributed by atoms with van der Waals surface area (Å²) in [7, 11) is 4.25. The molecule has 0 spiro atoms. The molecule has 2 unspecified atom stereocenters. The van der Waals surface area contributed by atoms with Crippen molar-refractivity contribution in [3.8, 4) is 0 Å². The number of aliphatic carboxylic acids is 1. The van der Waals surface area contributed by atoms with Crippen molar-refractivity contribution in [2.24, 2.45) is 56.2 Å². The van der Waals surface area contributed by atoms with Gasteiger partial charge in [-0.25, -0.2) is 4.98 Å². The molecule has 1 aromatic heterocycles. The number of ether oxygens (including phenoxy) is 1. The van der Waals surface area contributed by atoms with Gasteiger partial charge in [0.15, 0.2) is 12.2 Å². The number of allylic oxidation sites excluding steroid dienone is 2. The maximum Gasteiger partial charge on any atom is 0.309 e. The van der Waals surface area contributed by atoms with E-state index in [0.717, 1.165) is 95.2 Å². The van der Waals surface area contributed by atoms with Crippen molar-refractivity contribution in [3.63, 3.8) is 0 Å². The molecule has 6 rings (SSSR count). The lowest BCUT2D eigenvalue weighted by Crippen LogP contribution is -2.65. The van der Waals surface area contributed by atoms with Crippen LogP contribution in [0.4, 0.5) is 0 Å². The van der Waals surface area contributed by atoms with Crippen molar-refractivity contribution in [2.75, 3.05) is 33.7 Å². The van der Waals surface area contributed by atoms with Gasteiger partial charge in [-0.2, -0.15) is 0 Å². The van der Waals surface area contributed by atoms with E-state index in [0.29, 0.717) is 30.0 Å². The summed E-state index contributed by atoms with van der Waals surface area (Å²) in [6.45, 7) is 23.7. The van der Waals surface area contributed by atoms with Crippen molar-refractivity contribution in [1.29, 1.82) is 0 Å². The molecule has 54 heavy (non-hydrogen) atoms. The van der Waals surface area contributed by atoms with Crippen molar-refractivity contribution < 1.29 is 28.6 Å². The average Bonchev–Trinajstić information content (AvgIpc) is 3.69. The van der Waals surface area contributed by atoms with E-state index >= 15 is 0 Å². The summed E-state index contributed by atoms with van der Waals surface area (Å²) in [4.78, 5) is 48.3. The average molecular weight is 750 g/mol. The number of ketones is 1. The Morgan fingerprint density at radius 2 is 1.69 bits per heavy atom. The van der Waals surface area contributed by atoms with Gasteiger partial charge in [-0.3, -0.25) is 19.3 Å². The first-order chi connectivity index (χ1) is 25.1. The van der Waals surface area contributed by atoms with E-state index in [1.807, 2.05) is 0 Å². The van der Waals surface area contributed by atoms with Crippen LogP contribution in [0.3, 0.4) is 0 Å². The second-order valence-corrected chi connectivity index (χ2v) is 21.0. The molecule has 1 N–H and O–H groups in total. The molecule has 9 nitrogen and oxygen atoms in total. The van der Waals surface area contributed by atoms with Crippen LogP contribution in [0.15, 0.2) is 28.2 Å². The monoisotopic (exact) mass is 750 g/mol. The van der Waals surface area contributed by atoms with E-state index in [1.54, 1.807) is 20.1 Å². The van der Waals surface area contributed by atoms with Crippen LogP contribution in [0.25, 0.3) is 0 Å². The van der Waals surface area contributed by atoms with Gasteiger partial charge in [0.2, 0.25) is 0 Å². The molecule has 5 aliphatic carbocycles. The largest absolute Gasteiger partial charge is 0.481 e. The van der Waals surface area contributed by atoms with Gasteiger partial charge in [0.1, 0.15) is 12.4 Å². The number of carbonyl (C=O) groups excluding carboxylic acids is 2. The summed E-state index contributed by atoms with van der Waals surface area (Å²) in [6, 6.07) is 0. The second-order valence-electron chi connectivity index (χ2n) is 21.0. The normalized spacial score (nSPS) is 36.2. The summed E-state index contributed by atoms with van der Waals surface area (Å²) in [5.41, 5.74) is 2.53. The molecule has 8 atom stereocenters. The zero-order chi connectivity index (χ0) is 39.6. The van der Waals surface area contributed by atoms with Crippen molar-refractivity contribution in [2.45, 2.75) is 146 Å². The van der Waals surface area contributed by atoms with E-state index in [-0.39, 0.29) is 45.5 Å². The number of hydrogen-bond donors (Lipinski definition) is 1. The topological polar surface area (TPSA) is 113 Å². The molecule has 1 aromatic rings. The number of oxazole rings is 1. The summed E-state index contributed by atoms with van der Waals surface area (Å²) in [5, 5.41) is 9.64. The van der Waals surface area contributed by atoms with Gasteiger partial charge < -0.3 is 19.2 Å². The number of likely N-dealkylation sites (N-methyl/N-ethyl adjacent to an activating group) is 1. The zero-order valence-corrected chi connectivity index (χ0v) is 35.5. The molecule has 0 aromatic carbocycles.